The number of rotatable bonds is 16. The molecule has 1 fully saturated rings. The fourth-order valence-electron chi connectivity index (χ4n) is 3.99. The second kappa shape index (κ2) is 15.5. The van der Waals surface area contributed by atoms with E-state index in [4.69, 9.17) is 21.1 Å². The number of carboxylic acid groups (broad SMARTS) is 2. The molecule has 4 amide bonds. The van der Waals surface area contributed by atoms with Gasteiger partial charge in [0.25, 0.3) is 23.6 Å². The van der Waals surface area contributed by atoms with Gasteiger partial charge >= 0.3 is 22.2 Å². The van der Waals surface area contributed by atoms with Crippen molar-refractivity contribution in [3.8, 4) is 0 Å². The van der Waals surface area contributed by atoms with Crippen molar-refractivity contribution in [2.24, 2.45) is 10.3 Å². The van der Waals surface area contributed by atoms with Gasteiger partial charge in [-0.2, -0.15) is 13.1 Å². The second-order valence-electron chi connectivity index (χ2n) is 11.9. The standard InChI is InChI=1S/C26H34N10O13S3/c1-9(35-52(45,46)47)13(31-17(37)15(11-7-50-23(27)29-11)33-48-25(3,4)21(41)42)19(39)36-10(2)14(20(36)40)32-18(38)16(12-8-51-24(28)30-12)34-49-26(5,6)22(43)44/h7-10,13-14,35H,1-6H3,(H2,27,29)(H2,28,30)(H,31,37)(H,32,38)(H,41,42)(H,43,44)(H,45,46,47)/b33-15-,34-16-/t9?,10-,13?,14-/m0/s1. The Kier molecular flexibility index (Phi) is 12.3. The summed E-state index contributed by atoms with van der Waals surface area (Å²) in [6, 6.07) is -6.20. The molecule has 23 nitrogen and oxygen atoms in total. The van der Waals surface area contributed by atoms with E-state index in [1.54, 1.807) is 4.72 Å². The lowest BCUT2D eigenvalue weighted by Crippen LogP contribution is -2.74. The van der Waals surface area contributed by atoms with E-state index in [9.17, 15) is 52.0 Å². The van der Waals surface area contributed by atoms with Crippen LogP contribution in [0.1, 0.15) is 52.9 Å². The maximum atomic E-state index is 13.8. The Hall–Kier alpha value is -5.31. The van der Waals surface area contributed by atoms with E-state index in [0.717, 1.165) is 57.3 Å². The lowest BCUT2D eigenvalue weighted by Gasteiger charge is -2.45. The van der Waals surface area contributed by atoms with Gasteiger partial charge in [-0.3, -0.25) is 28.6 Å². The number of nitrogens with one attached hydrogen (secondary N) is 3. The highest BCUT2D eigenvalue weighted by molar-refractivity contribution is 7.83. The van der Waals surface area contributed by atoms with Crippen molar-refractivity contribution in [3.05, 3.63) is 22.1 Å². The number of amides is 4. The minimum Gasteiger partial charge on any atom is -0.478 e. The minimum absolute atomic E-state index is 0.0159. The molecule has 284 valence electrons. The molecule has 3 rings (SSSR count). The number of likely N-dealkylation sites (tertiary alicyclic amines) is 1. The summed E-state index contributed by atoms with van der Waals surface area (Å²) in [5.41, 5.74) is 5.85. The van der Waals surface area contributed by atoms with Crippen molar-refractivity contribution in [2.45, 2.75) is 76.9 Å². The number of hydrogen-bond acceptors (Lipinski definition) is 18. The Labute approximate surface area is 302 Å². The molecule has 1 saturated heterocycles. The third-order valence-corrected chi connectivity index (χ3v) is 9.04. The van der Waals surface area contributed by atoms with Crippen LogP contribution in [0.25, 0.3) is 0 Å². The van der Waals surface area contributed by atoms with Crippen LogP contribution in [-0.4, -0.2) is 120 Å². The van der Waals surface area contributed by atoms with Gasteiger partial charge < -0.3 is 42.0 Å². The zero-order valence-corrected chi connectivity index (χ0v) is 30.5. The summed E-state index contributed by atoms with van der Waals surface area (Å²) in [6.07, 6.45) is 0. The fourth-order valence-corrected chi connectivity index (χ4v) is 5.69. The first-order valence-electron chi connectivity index (χ1n) is 14.5. The quantitative estimate of drug-likeness (QED) is 0.0400. The maximum absolute atomic E-state index is 13.8. The number of anilines is 2. The number of carboxylic acids is 2. The van der Waals surface area contributed by atoms with E-state index in [2.05, 4.69) is 30.9 Å². The number of aromatic nitrogens is 2. The maximum Gasteiger partial charge on any atom is 0.350 e. The van der Waals surface area contributed by atoms with Crippen LogP contribution in [0, 0.1) is 0 Å². The number of aliphatic carboxylic acids is 2. The zero-order valence-electron chi connectivity index (χ0n) is 28.0. The number of carbonyl (C=O) groups excluding carboxylic acids is 4. The van der Waals surface area contributed by atoms with Crippen molar-refractivity contribution in [1.82, 2.24) is 30.2 Å². The van der Waals surface area contributed by atoms with E-state index < -0.39 is 92.7 Å². The van der Waals surface area contributed by atoms with E-state index in [1.807, 2.05) is 0 Å². The second-order valence-corrected chi connectivity index (χ2v) is 14.9. The Balaban J connectivity index is 1.91. The molecule has 0 bridgehead atoms. The summed E-state index contributed by atoms with van der Waals surface area (Å²) >= 11 is 1.78. The number of nitrogens with two attached hydrogens (primary N) is 2. The molecular formula is C26H34N10O13S3. The van der Waals surface area contributed by atoms with Crippen molar-refractivity contribution >= 4 is 90.2 Å². The number of β-lactam (4-membered cyclic amide) rings is 1. The van der Waals surface area contributed by atoms with Crippen LogP contribution >= 0.6 is 22.7 Å². The van der Waals surface area contributed by atoms with Crippen molar-refractivity contribution < 1.29 is 61.6 Å². The number of nitrogen functional groups attached to an aromatic ring is 2. The van der Waals surface area contributed by atoms with Crippen LogP contribution < -0.4 is 26.8 Å². The Morgan fingerprint density at radius 1 is 0.923 bits per heavy atom. The predicted octanol–water partition coefficient (Wildman–Crippen LogP) is -1.86. The van der Waals surface area contributed by atoms with Crippen LogP contribution in [0.4, 0.5) is 10.3 Å². The topological polar surface area (TPSA) is 358 Å². The van der Waals surface area contributed by atoms with Crippen LogP contribution in [0.15, 0.2) is 21.1 Å². The average Bonchev–Trinajstić information content (AvgIpc) is 3.65. The molecule has 0 aromatic carbocycles. The predicted molar refractivity (Wildman–Crippen MR) is 181 cm³/mol. The molecule has 0 radical (unpaired) electrons. The highest BCUT2D eigenvalue weighted by atomic mass is 32.2. The largest absolute Gasteiger partial charge is 0.478 e. The van der Waals surface area contributed by atoms with Gasteiger partial charge in [0.2, 0.25) is 11.2 Å². The summed E-state index contributed by atoms with van der Waals surface area (Å²) in [6.45, 7) is 6.92. The van der Waals surface area contributed by atoms with Gasteiger partial charge in [0.1, 0.15) is 23.5 Å². The molecule has 26 heteroatoms. The molecule has 2 unspecified atom stereocenters. The average molecular weight is 791 g/mol. The molecule has 1 aliphatic rings. The van der Waals surface area contributed by atoms with Gasteiger partial charge in [0.15, 0.2) is 21.7 Å². The monoisotopic (exact) mass is 790 g/mol. The van der Waals surface area contributed by atoms with Crippen molar-refractivity contribution in [3.63, 3.8) is 0 Å². The molecule has 2 aromatic heterocycles. The molecule has 1 aliphatic heterocycles. The van der Waals surface area contributed by atoms with Crippen LogP contribution in [0.3, 0.4) is 0 Å². The molecule has 4 atom stereocenters. The molecule has 10 N–H and O–H groups in total. The Bertz CT molecular complexity index is 1940. The minimum atomic E-state index is -5.01. The van der Waals surface area contributed by atoms with Gasteiger partial charge in [-0.25, -0.2) is 19.6 Å². The third-order valence-electron chi connectivity index (χ3n) is 7.02. The van der Waals surface area contributed by atoms with Crippen LogP contribution in [-0.2, 0) is 48.7 Å². The normalized spacial score (nSPS) is 18.1. The smallest absolute Gasteiger partial charge is 0.350 e. The number of carbonyl (C=O) groups is 6. The molecule has 3 heterocycles. The first kappa shape index (κ1) is 41.1. The fraction of sp³-hybridized carbons (Fsp3) is 0.462. The summed E-state index contributed by atoms with van der Waals surface area (Å²) < 4.78 is 34.5. The summed E-state index contributed by atoms with van der Waals surface area (Å²) in [5, 5.41) is 33.1. The molecule has 0 spiro atoms. The lowest BCUT2D eigenvalue weighted by atomic mass is 9.93. The van der Waals surface area contributed by atoms with Gasteiger partial charge in [-0.1, -0.05) is 10.3 Å². The number of oxime groups is 2. The van der Waals surface area contributed by atoms with Crippen LogP contribution in [0.5, 0.6) is 0 Å². The van der Waals surface area contributed by atoms with E-state index in [-0.39, 0.29) is 21.7 Å². The SMILES string of the molecule is CC(NS(=O)(=O)O)C(NC(=O)/C(=N\OC(C)(C)C(=O)O)c1csc(N)n1)C(=O)N1C(=O)[C@@H](NC(=O)/C(=N\OC(C)(C)C(=O)O)c2csc(N)n2)[C@@H]1C. The van der Waals surface area contributed by atoms with Gasteiger partial charge in [0.05, 0.1) is 12.1 Å². The number of thiazole rings is 2. The van der Waals surface area contributed by atoms with Crippen LogP contribution in [0.2, 0.25) is 0 Å². The molecule has 52 heavy (non-hydrogen) atoms. The lowest BCUT2D eigenvalue weighted by molar-refractivity contribution is -0.164. The molecule has 0 saturated carbocycles. The summed E-state index contributed by atoms with van der Waals surface area (Å²) in [4.78, 5) is 95.5. The van der Waals surface area contributed by atoms with Crippen molar-refractivity contribution in [1.29, 1.82) is 0 Å². The number of imide groups is 1. The van der Waals surface area contributed by atoms with Gasteiger partial charge in [-0.05, 0) is 41.5 Å². The van der Waals surface area contributed by atoms with E-state index >= 15 is 0 Å². The molecule has 0 aliphatic carbocycles. The first-order chi connectivity index (χ1) is 23.9. The summed E-state index contributed by atoms with van der Waals surface area (Å²) in [5.74, 6) is -7.51. The number of nitrogens with zero attached hydrogens (tertiary/aromatic N) is 5. The van der Waals surface area contributed by atoms with E-state index in [0.29, 0.717) is 4.90 Å². The summed E-state index contributed by atoms with van der Waals surface area (Å²) in [7, 11) is -5.01. The van der Waals surface area contributed by atoms with Gasteiger partial charge in [-0.15, -0.1) is 22.7 Å². The Morgan fingerprint density at radius 3 is 1.73 bits per heavy atom. The third kappa shape index (κ3) is 9.72. The van der Waals surface area contributed by atoms with E-state index in [1.165, 1.54) is 17.7 Å². The molecular weight excluding hydrogens is 757 g/mol. The zero-order chi connectivity index (χ0) is 39.5. The molecule has 2 aromatic rings. The Morgan fingerprint density at radius 2 is 1.37 bits per heavy atom. The first-order valence-corrected chi connectivity index (χ1v) is 17.7. The van der Waals surface area contributed by atoms with Crippen molar-refractivity contribution in [2.75, 3.05) is 11.5 Å². The highest BCUT2D eigenvalue weighted by Crippen LogP contribution is 2.23. The van der Waals surface area contributed by atoms with Gasteiger partial charge in [0, 0.05) is 10.8 Å². The number of hydrogen-bond donors (Lipinski definition) is 8. The highest BCUT2D eigenvalue weighted by Gasteiger charge is 2.52.